The van der Waals surface area contributed by atoms with Crippen LogP contribution in [0.1, 0.15) is 67.2 Å². The van der Waals surface area contributed by atoms with Gasteiger partial charge in [-0.2, -0.15) is 0 Å². The first-order valence-electron chi connectivity index (χ1n) is 6.85. The molecule has 16 heavy (non-hydrogen) atoms. The standard InChI is InChI=1S/C16H30/c1-8-9-15(4,5)11-16(6,7)14-10-13(14)12(2)3/h13-14H,2,8-11H2,1,3-7H3. The Kier molecular flexibility index (Phi) is 3.92. The number of allylic oxidation sites excluding steroid dienone is 1. The Morgan fingerprint density at radius 3 is 2.19 bits per heavy atom. The van der Waals surface area contributed by atoms with Crippen molar-refractivity contribution in [1.29, 1.82) is 0 Å². The highest BCUT2D eigenvalue weighted by Gasteiger charge is 2.48. The van der Waals surface area contributed by atoms with Crippen LogP contribution in [0.3, 0.4) is 0 Å². The smallest absolute Gasteiger partial charge is 0.0172 e. The molecule has 0 aromatic rings. The van der Waals surface area contributed by atoms with Gasteiger partial charge in [0, 0.05) is 0 Å². The van der Waals surface area contributed by atoms with Gasteiger partial charge in [-0.1, -0.05) is 53.2 Å². The van der Waals surface area contributed by atoms with E-state index in [1.807, 2.05) is 0 Å². The third-order valence-electron chi connectivity index (χ3n) is 4.29. The lowest BCUT2D eigenvalue weighted by Gasteiger charge is -2.35. The Hall–Kier alpha value is -0.260. The van der Waals surface area contributed by atoms with Crippen LogP contribution in [0.4, 0.5) is 0 Å². The molecule has 1 aliphatic rings. The van der Waals surface area contributed by atoms with Gasteiger partial charge in [0.1, 0.15) is 0 Å². The maximum Gasteiger partial charge on any atom is -0.0172 e. The van der Waals surface area contributed by atoms with Crippen molar-refractivity contribution in [2.24, 2.45) is 22.7 Å². The third-order valence-corrected chi connectivity index (χ3v) is 4.29. The second-order valence-corrected chi connectivity index (χ2v) is 7.37. The zero-order chi connectivity index (χ0) is 12.6. The fourth-order valence-corrected chi connectivity index (χ4v) is 3.73. The van der Waals surface area contributed by atoms with Crippen LogP contribution in [0, 0.1) is 22.7 Å². The van der Waals surface area contributed by atoms with Crippen molar-refractivity contribution in [3.05, 3.63) is 12.2 Å². The van der Waals surface area contributed by atoms with Crippen molar-refractivity contribution in [3.63, 3.8) is 0 Å². The van der Waals surface area contributed by atoms with E-state index < -0.39 is 0 Å². The van der Waals surface area contributed by atoms with Crippen LogP contribution in [0.2, 0.25) is 0 Å². The predicted molar refractivity (Wildman–Crippen MR) is 73.5 cm³/mol. The monoisotopic (exact) mass is 222 g/mol. The molecular weight excluding hydrogens is 192 g/mol. The largest absolute Gasteiger partial charge is 0.0998 e. The number of rotatable bonds is 6. The molecule has 2 atom stereocenters. The van der Waals surface area contributed by atoms with Gasteiger partial charge in [0.25, 0.3) is 0 Å². The van der Waals surface area contributed by atoms with Crippen molar-refractivity contribution >= 4 is 0 Å². The topological polar surface area (TPSA) is 0 Å². The first-order valence-corrected chi connectivity index (χ1v) is 6.85. The number of hydrogen-bond acceptors (Lipinski definition) is 0. The van der Waals surface area contributed by atoms with Gasteiger partial charge in [-0.15, -0.1) is 0 Å². The maximum atomic E-state index is 4.11. The Morgan fingerprint density at radius 2 is 1.81 bits per heavy atom. The van der Waals surface area contributed by atoms with E-state index in [0.29, 0.717) is 10.8 Å². The summed E-state index contributed by atoms with van der Waals surface area (Å²) in [6, 6.07) is 0. The first-order chi connectivity index (χ1) is 7.19. The molecule has 0 spiro atoms. The van der Waals surface area contributed by atoms with Crippen LogP contribution < -0.4 is 0 Å². The van der Waals surface area contributed by atoms with E-state index >= 15 is 0 Å². The van der Waals surface area contributed by atoms with Crippen molar-refractivity contribution < 1.29 is 0 Å². The van der Waals surface area contributed by atoms with Crippen LogP contribution >= 0.6 is 0 Å². The molecular formula is C16H30. The molecule has 1 fully saturated rings. The lowest BCUT2D eigenvalue weighted by atomic mass is 9.70. The van der Waals surface area contributed by atoms with Gasteiger partial charge in [-0.05, 0) is 48.9 Å². The fourth-order valence-electron chi connectivity index (χ4n) is 3.73. The Bertz CT molecular complexity index is 257. The van der Waals surface area contributed by atoms with E-state index in [1.165, 1.54) is 31.3 Å². The van der Waals surface area contributed by atoms with Crippen LogP contribution in [-0.2, 0) is 0 Å². The summed E-state index contributed by atoms with van der Waals surface area (Å²) >= 11 is 0. The van der Waals surface area contributed by atoms with Crippen molar-refractivity contribution in [1.82, 2.24) is 0 Å². The summed E-state index contributed by atoms with van der Waals surface area (Å²) in [6.45, 7) is 18.4. The van der Waals surface area contributed by atoms with Gasteiger partial charge in [-0.25, -0.2) is 0 Å². The highest BCUT2D eigenvalue weighted by atomic mass is 14.5. The third kappa shape index (κ3) is 3.37. The van der Waals surface area contributed by atoms with Crippen molar-refractivity contribution in [2.75, 3.05) is 0 Å². The van der Waals surface area contributed by atoms with Crippen molar-refractivity contribution in [2.45, 2.75) is 67.2 Å². The quantitative estimate of drug-likeness (QED) is 0.525. The Morgan fingerprint density at radius 1 is 1.25 bits per heavy atom. The minimum Gasteiger partial charge on any atom is -0.0998 e. The molecule has 2 unspecified atom stereocenters. The van der Waals surface area contributed by atoms with E-state index in [1.54, 1.807) is 0 Å². The molecule has 1 saturated carbocycles. The lowest BCUT2D eigenvalue weighted by molar-refractivity contribution is 0.153. The van der Waals surface area contributed by atoms with E-state index in [9.17, 15) is 0 Å². The Balaban J connectivity index is 2.56. The molecule has 1 aliphatic carbocycles. The number of hydrogen-bond donors (Lipinski definition) is 0. The van der Waals surface area contributed by atoms with Gasteiger partial charge in [0.2, 0.25) is 0 Å². The van der Waals surface area contributed by atoms with E-state index in [4.69, 9.17) is 0 Å². The van der Waals surface area contributed by atoms with E-state index in [-0.39, 0.29) is 0 Å². The highest BCUT2D eigenvalue weighted by molar-refractivity contribution is 5.12. The zero-order valence-electron chi connectivity index (χ0n) is 12.2. The lowest BCUT2D eigenvalue weighted by Crippen LogP contribution is -2.25. The van der Waals surface area contributed by atoms with Crippen LogP contribution in [0.25, 0.3) is 0 Å². The first kappa shape index (κ1) is 13.8. The van der Waals surface area contributed by atoms with Gasteiger partial charge in [0.15, 0.2) is 0 Å². The maximum absolute atomic E-state index is 4.11. The molecule has 0 amide bonds. The van der Waals surface area contributed by atoms with Gasteiger partial charge < -0.3 is 0 Å². The summed E-state index contributed by atoms with van der Waals surface area (Å²) in [5.74, 6) is 1.70. The van der Waals surface area contributed by atoms with E-state index in [2.05, 4.69) is 48.1 Å². The molecule has 1 rings (SSSR count). The van der Waals surface area contributed by atoms with Gasteiger partial charge >= 0.3 is 0 Å². The SMILES string of the molecule is C=C(C)C1CC1C(C)(C)CC(C)(C)CCC. The summed E-state index contributed by atoms with van der Waals surface area (Å²) in [4.78, 5) is 0. The summed E-state index contributed by atoms with van der Waals surface area (Å²) in [5, 5.41) is 0. The molecule has 0 aromatic carbocycles. The molecule has 0 nitrogen and oxygen atoms in total. The summed E-state index contributed by atoms with van der Waals surface area (Å²) in [7, 11) is 0. The minimum atomic E-state index is 0.488. The summed E-state index contributed by atoms with van der Waals surface area (Å²) < 4.78 is 0. The minimum absolute atomic E-state index is 0.488. The average Bonchev–Trinajstić information content (AvgIpc) is 2.78. The highest BCUT2D eigenvalue weighted by Crippen LogP contribution is 2.57. The fraction of sp³-hybridized carbons (Fsp3) is 0.875. The Labute approximate surface area is 103 Å². The predicted octanol–water partition coefficient (Wildman–Crippen LogP) is 5.44. The van der Waals surface area contributed by atoms with Gasteiger partial charge in [0.05, 0.1) is 0 Å². The van der Waals surface area contributed by atoms with Gasteiger partial charge in [-0.3, -0.25) is 0 Å². The molecule has 0 saturated heterocycles. The molecule has 0 aromatic heterocycles. The van der Waals surface area contributed by atoms with Crippen LogP contribution in [0.15, 0.2) is 12.2 Å². The molecule has 94 valence electrons. The van der Waals surface area contributed by atoms with Crippen LogP contribution in [-0.4, -0.2) is 0 Å². The van der Waals surface area contributed by atoms with Crippen LogP contribution in [0.5, 0.6) is 0 Å². The molecule has 0 heterocycles. The summed E-state index contributed by atoms with van der Waals surface area (Å²) in [5.41, 5.74) is 2.38. The second kappa shape index (κ2) is 4.55. The molecule has 0 radical (unpaired) electrons. The summed E-state index contributed by atoms with van der Waals surface area (Å²) in [6.07, 6.45) is 5.38. The average molecular weight is 222 g/mol. The van der Waals surface area contributed by atoms with E-state index in [0.717, 1.165) is 11.8 Å². The van der Waals surface area contributed by atoms with Crippen molar-refractivity contribution in [3.8, 4) is 0 Å². The zero-order valence-corrected chi connectivity index (χ0v) is 12.2. The second-order valence-electron chi connectivity index (χ2n) is 7.37. The molecule has 0 heteroatoms. The normalized spacial score (nSPS) is 25.6. The molecule has 0 N–H and O–H groups in total. The molecule has 0 aliphatic heterocycles. The molecule has 0 bridgehead atoms.